The summed E-state index contributed by atoms with van der Waals surface area (Å²) in [7, 11) is 0. The molecule has 19 heavy (non-hydrogen) atoms. The van der Waals surface area contributed by atoms with Gasteiger partial charge in [0.2, 0.25) is 0 Å². The van der Waals surface area contributed by atoms with Crippen LogP contribution in [0.1, 0.15) is 51.9 Å². The zero-order valence-corrected chi connectivity index (χ0v) is 11.9. The van der Waals surface area contributed by atoms with Gasteiger partial charge >= 0.3 is 0 Å². The number of aliphatic hydroxyl groups is 1. The lowest BCUT2D eigenvalue weighted by molar-refractivity contribution is -0.249. The van der Waals surface area contributed by atoms with Gasteiger partial charge in [0.1, 0.15) is 5.78 Å². The van der Waals surface area contributed by atoms with Gasteiger partial charge in [-0.15, -0.1) is 0 Å². The molecule has 3 nitrogen and oxygen atoms in total. The first-order valence-corrected chi connectivity index (χ1v) is 8.08. The molecule has 0 aromatic carbocycles. The number of rotatable bonds is 0. The van der Waals surface area contributed by atoms with Crippen LogP contribution in [0, 0.1) is 17.8 Å². The van der Waals surface area contributed by atoms with Crippen LogP contribution in [0.15, 0.2) is 0 Å². The number of hydrogen-bond acceptors (Lipinski definition) is 3. The van der Waals surface area contributed by atoms with Crippen molar-refractivity contribution in [2.24, 2.45) is 17.8 Å². The van der Waals surface area contributed by atoms with Gasteiger partial charge in [-0.05, 0) is 63.5 Å². The SMILES string of the molecule is CC1CC2CC(=O)C3CCCN4CCCC2(O)C34C1. The highest BCUT2D eigenvalue weighted by Crippen LogP contribution is 2.61. The van der Waals surface area contributed by atoms with E-state index in [0.29, 0.717) is 18.1 Å². The van der Waals surface area contributed by atoms with E-state index in [1.807, 2.05) is 0 Å². The average Bonchev–Trinajstić information content (AvgIpc) is 2.35. The minimum atomic E-state index is -0.573. The summed E-state index contributed by atoms with van der Waals surface area (Å²) in [6.07, 6.45) is 6.89. The summed E-state index contributed by atoms with van der Waals surface area (Å²) < 4.78 is 0. The maximum absolute atomic E-state index is 12.6. The van der Waals surface area contributed by atoms with Crippen LogP contribution in [0.25, 0.3) is 0 Å². The summed E-state index contributed by atoms with van der Waals surface area (Å²) in [6, 6.07) is 0. The smallest absolute Gasteiger partial charge is 0.138 e. The van der Waals surface area contributed by atoms with E-state index in [1.165, 1.54) is 0 Å². The molecule has 5 unspecified atom stereocenters. The molecule has 0 amide bonds. The number of nitrogens with zero attached hydrogens (tertiary/aromatic N) is 1. The van der Waals surface area contributed by atoms with E-state index in [2.05, 4.69) is 11.8 Å². The molecule has 5 atom stereocenters. The summed E-state index contributed by atoms with van der Waals surface area (Å²) >= 11 is 0. The normalized spacial score (nSPS) is 53.8. The first kappa shape index (κ1) is 12.3. The Morgan fingerprint density at radius 1 is 1.32 bits per heavy atom. The molecule has 0 radical (unpaired) electrons. The summed E-state index contributed by atoms with van der Waals surface area (Å²) in [4.78, 5) is 15.1. The van der Waals surface area contributed by atoms with Gasteiger partial charge in [0.25, 0.3) is 0 Å². The van der Waals surface area contributed by atoms with E-state index >= 15 is 0 Å². The molecule has 106 valence electrons. The average molecular weight is 263 g/mol. The molecule has 4 rings (SSSR count). The molecule has 1 N–H and O–H groups in total. The van der Waals surface area contributed by atoms with Gasteiger partial charge in [0, 0.05) is 12.3 Å². The summed E-state index contributed by atoms with van der Waals surface area (Å²) in [6.45, 7) is 4.49. The topological polar surface area (TPSA) is 40.5 Å². The number of carbonyl (C=O) groups is 1. The van der Waals surface area contributed by atoms with E-state index in [1.54, 1.807) is 0 Å². The van der Waals surface area contributed by atoms with E-state index < -0.39 is 5.60 Å². The van der Waals surface area contributed by atoms with Crippen LogP contribution in [0.3, 0.4) is 0 Å². The fraction of sp³-hybridized carbons (Fsp3) is 0.938. The minimum absolute atomic E-state index is 0.116. The van der Waals surface area contributed by atoms with Crippen molar-refractivity contribution in [1.29, 1.82) is 0 Å². The number of ketones is 1. The van der Waals surface area contributed by atoms with Gasteiger partial charge in [-0.2, -0.15) is 0 Å². The van der Waals surface area contributed by atoms with Crippen molar-refractivity contribution in [3.63, 3.8) is 0 Å². The van der Waals surface area contributed by atoms with Crippen LogP contribution in [0.4, 0.5) is 0 Å². The van der Waals surface area contributed by atoms with Crippen molar-refractivity contribution in [3.8, 4) is 0 Å². The monoisotopic (exact) mass is 263 g/mol. The molecular formula is C16H25NO2. The third-order valence-corrected chi connectivity index (χ3v) is 6.66. The number of carbonyl (C=O) groups excluding carboxylic acids is 1. The van der Waals surface area contributed by atoms with Crippen molar-refractivity contribution < 1.29 is 9.90 Å². The Kier molecular flexibility index (Phi) is 2.48. The number of piperidine rings is 2. The first-order chi connectivity index (χ1) is 9.08. The largest absolute Gasteiger partial charge is 0.388 e. The summed E-state index contributed by atoms with van der Waals surface area (Å²) in [5.41, 5.74) is -0.766. The maximum atomic E-state index is 12.6. The van der Waals surface area contributed by atoms with Crippen LogP contribution < -0.4 is 0 Å². The molecule has 2 bridgehead atoms. The Bertz CT molecular complexity index is 421. The fourth-order valence-electron chi connectivity index (χ4n) is 6.15. The number of hydrogen-bond donors (Lipinski definition) is 1. The minimum Gasteiger partial charge on any atom is -0.388 e. The summed E-state index contributed by atoms with van der Waals surface area (Å²) in [5.74, 6) is 1.44. The molecule has 0 aromatic rings. The van der Waals surface area contributed by atoms with E-state index in [0.717, 1.165) is 51.6 Å². The first-order valence-electron chi connectivity index (χ1n) is 8.08. The van der Waals surface area contributed by atoms with Crippen LogP contribution >= 0.6 is 0 Å². The third kappa shape index (κ3) is 1.33. The van der Waals surface area contributed by atoms with Crippen LogP contribution in [-0.4, -0.2) is 40.0 Å². The second-order valence-electron chi connectivity index (χ2n) is 7.55. The zero-order chi connectivity index (χ0) is 13.3. The molecule has 2 aliphatic carbocycles. The van der Waals surface area contributed by atoms with Crippen LogP contribution in [-0.2, 0) is 4.79 Å². The molecular weight excluding hydrogens is 238 g/mol. The zero-order valence-electron chi connectivity index (χ0n) is 11.9. The fourth-order valence-corrected chi connectivity index (χ4v) is 6.15. The molecule has 4 aliphatic rings. The van der Waals surface area contributed by atoms with Crippen molar-refractivity contribution in [1.82, 2.24) is 4.90 Å². The molecule has 2 aliphatic heterocycles. The lowest BCUT2D eigenvalue weighted by Gasteiger charge is -2.69. The quantitative estimate of drug-likeness (QED) is 0.726. The van der Waals surface area contributed by atoms with E-state index in [9.17, 15) is 9.90 Å². The molecule has 1 spiro atoms. The third-order valence-electron chi connectivity index (χ3n) is 6.66. The van der Waals surface area contributed by atoms with Gasteiger partial charge < -0.3 is 5.11 Å². The van der Waals surface area contributed by atoms with Gasteiger partial charge in [-0.1, -0.05) is 6.92 Å². The second-order valence-corrected chi connectivity index (χ2v) is 7.55. The highest BCUT2D eigenvalue weighted by Gasteiger charge is 2.69. The Balaban J connectivity index is 1.89. The standard InChI is InChI=1S/C16H25NO2/c1-11-8-12-9-14(18)13-4-2-6-17-7-3-5-16(12,19)15(13,17)10-11/h11-13,19H,2-10H2,1H3. The lowest BCUT2D eigenvalue weighted by Crippen LogP contribution is -2.79. The van der Waals surface area contributed by atoms with Crippen molar-refractivity contribution in [2.45, 2.75) is 63.0 Å². The molecule has 2 saturated heterocycles. The van der Waals surface area contributed by atoms with Gasteiger partial charge in [0.05, 0.1) is 11.1 Å². The highest BCUT2D eigenvalue weighted by atomic mass is 16.3. The molecule has 4 fully saturated rings. The van der Waals surface area contributed by atoms with Gasteiger partial charge in [-0.3, -0.25) is 9.69 Å². The molecule has 3 heteroatoms. The van der Waals surface area contributed by atoms with E-state index in [4.69, 9.17) is 0 Å². The Morgan fingerprint density at radius 2 is 2.11 bits per heavy atom. The predicted octanol–water partition coefficient (Wildman–Crippen LogP) is 1.98. The van der Waals surface area contributed by atoms with Gasteiger partial charge in [0.15, 0.2) is 0 Å². The maximum Gasteiger partial charge on any atom is 0.138 e. The molecule has 2 heterocycles. The lowest BCUT2D eigenvalue weighted by atomic mass is 9.46. The predicted molar refractivity (Wildman–Crippen MR) is 72.7 cm³/mol. The second kappa shape index (κ2) is 3.82. The highest BCUT2D eigenvalue weighted by molar-refractivity contribution is 5.85. The van der Waals surface area contributed by atoms with Crippen molar-refractivity contribution in [3.05, 3.63) is 0 Å². The van der Waals surface area contributed by atoms with Crippen molar-refractivity contribution >= 4 is 5.78 Å². The Labute approximate surface area is 115 Å². The van der Waals surface area contributed by atoms with Crippen molar-refractivity contribution in [2.75, 3.05) is 13.1 Å². The van der Waals surface area contributed by atoms with Crippen LogP contribution in [0.5, 0.6) is 0 Å². The van der Waals surface area contributed by atoms with E-state index in [-0.39, 0.29) is 17.4 Å². The van der Waals surface area contributed by atoms with Gasteiger partial charge in [-0.25, -0.2) is 0 Å². The number of Topliss-reactive ketones (excluding diaryl/α,β-unsaturated/α-hetero) is 1. The summed E-state index contributed by atoms with van der Waals surface area (Å²) in [5, 5.41) is 11.5. The Morgan fingerprint density at radius 3 is 2.95 bits per heavy atom. The van der Waals surface area contributed by atoms with Crippen LogP contribution in [0.2, 0.25) is 0 Å². The Hall–Kier alpha value is -0.410. The molecule has 0 aromatic heterocycles. The molecule has 2 saturated carbocycles.